The second kappa shape index (κ2) is 4.47. The van der Waals surface area contributed by atoms with Crippen molar-refractivity contribution in [3.63, 3.8) is 0 Å². The molecule has 3 rings (SSSR count). The summed E-state index contributed by atoms with van der Waals surface area (Å²) in [6, 6.07) is 8.51. The number of aliphatic hydroxyl groups is 1. The Hall–Kier alpha value is -2.66. The molecule has 0 spiro atoms. The largest absolute Gasteiger partial charge is 0.508 e. The molecule has 20 heavy (non-hydrogen) atoms. The fraction of sp³-hybridized carbons (Fsp3) is 0.0667. The Bertz CT molecular complexity index is 705. The quantitative estimate of drug-likeness (QED) is 0.639. The van der Waals surface area contributed by atoms with Gasteiger partial charge >= 0.3 is 0 Å². The zero-order valence-electron chi connectivity index (χ0n) is 10.3. The van der Waals surface area contributed by atoms with Gasteiger partial charge in [-0.3, -0.25) is 0 Å². The monoisotopic (exact) mass is 272 g/mol. The van der Waals surface area contributed by atoms with Gasteiger partial charge in [-0.05, 0) is 24.3 Å². The van der Waals surface area contributed by atoms with E-state index in [9.17, 15) is 20.4 Å². The molecule has 102 valence electrons. The van der Waals surface area contributed by atoms with Crippen molar-refractivity contribution in [3.05, 3.63) is 53.8 Å². The van der Waals surface area contributed by atoms with E-state index in [-0.39, 0.29) is 17.2 Å². The normalized spacial score (nSPS) is 17.1. The summed E-state index contributed by atoms with van der Waals surface area (Å²) < 4.78 is 5.37. The van der Waals surface area contributed by atoms with Gasteiger partial charge in [0.25, 0.3) is 0 Å². The van der Waals surface area contributed by atoms with Crippen molar-refractivity contribution in [2.75, 3.05) is 0 Å². The summed E-state index contributed by atoms with van der Waals surface area (Å²) in [7, 11) is 0. The number of fused-ring (bicyclic) bond motifs is 1. The number of phenolic OH excluding ortho intramolecular Hbond substituents is 3. The van der Waals surface area contributed by atoms with Gasteiger partial charge in [0.1, 0.15) is 29.1 Å². The lowest BCUT2D eigenvalue weighted by molar-refractivity contribution is 0.223. The van der Waals surface area contributed by atoms with Crippen LogP contribution in [0.3, 0.4) is 0 Å². The van der Waals surface area contributed by atoms with E-state index in [2.05, 4.69) is 0 Å². The van der Waals surface area contributed by atoms with Gasteiger partial charge in [-0.15, -0.1) is 0 Å². The molecule has 0 saturated heterocycles. The van der Waals surface area contributed by atoms with Crippen LogP contribution in [0, 0.1) is 0 Å². The highest BCUT2D eigenvalue weighted by atomic mass is 16.5. The maximum Gasteiger partial charge on any atom is 0.136 e. The van der Waals surface area contributed by atoms with E-state index in [1.807, 2.05) is 0 Å². The molecule has 2 aromatic carbocycles. The van der Waals surface area contributed by atoms with Crippen molar-refractivity contribution in [1.29, 1.82) is 0 Å². The smallest absolute Gasteiger partial charge is 0.136 e. The van der Waals surface area contributed by atoms with E-state index < -0.39 is 6.10 Å². The highest BCUT2D eigenvalue weighted by Gasteiger charge is 2.26. The lowest BCUT2D eigenvalue weighted by atomic mass is 9.93. The van der Waals surface area contributed by atoms with Gasteiger partial charge in [-0.2, -0.15) is 0 Å². The van der Waals surface area contributed by atoms with Gasteiger partial charge < -0.3 is 25.2 Å². The van der Waals surface area contributed by atoms with E-state index >= 15 is 0 Å². The lowest BCUT2D eigenvalue weighted by Gasteiger charge is -2.23. The molecule has 0 radical (unpaired) electrons. The number of rotatable bonds is 1. The average molecular weight is 272 g/mol. The van der Waals surface area contributed by atoms with E-state index in [0.717, 1.165) is 0 Å². The number of aromatic hydroxyl groups is 3. The highest BCUT2D eigenvalue weighted by molar-refractivity contribution is 5.76. The van der Waals surface area contributed by atoms with E-state index in [4.69, 9.17) is 4.74 Å². The molecular weight excluding hydrogens is 260 g/mol. The van der Waals surface area contributed by atoms with Gasteiger partial charge in [-0.1, -0.05) is 0 Å². The summed E-state index contributed by atoms with van der Waals surface area (Å²) in [5, 5.41) is 38.9. The van der Waals surface area contributed by atoms with Gasteiger partial charge in [0.2, 0.25) is 0 Å². The van der Waals surface area contributed by atoms with Crippen LogP contribution in [0.25, 0.3) is 5.57 Å². The Balaban J connectivity index is 2.05. The predicted molar refractivity (Wildman–Crippen MR) is 71.4 cm³/mol. The molecule has 1 heterocycles. The zero-order valence-corrected chi connectivity index (χ0v) is 10.3. The number of hydrogen-bond acceptors (Lipinski definition) is 5. The third-order valence-electron chi connectivity index (χ3n) is 3.19. The molecule has 5 nitrogen and oxygen atoms in total. The SMILES string of the molecule is Oc1ccc(C2=COc3cc(O)ccc3C2O)c(O)c1. The molecule has 1 aliphatic rings. The van der Waals surface area contributed by atoms with Crippen LogP contribution in [-0.4, -0.2) is 20.4 Å². The number of ether oxygens (including phenoxy) is 1. The van der Waals surface area contributed by atoms with Gasteiger partial charge in [-0.25, -0.2) is 0 Å². The summed E-state index contributed by atoms with van der Waals surface area (Å²) in [5.41, 5.74) is 1.24. The van der Waals surface area contributed by atoms with E-state index in [1.54, 1.807) is 6.07 Å². The van der Waals surface area contributed by atoms with Gasteiger partial charge in [0.15, 0.2) is 0 Å². The minimum atomic E-state index is -0.991. The minimum Gasteiger partial charge on any atom is -0.508 e. The van der Waals surface area contributed by atoms with Crippen molar-refractivity contribution >= 4 is 5.57 Å². The van der Waals surface area contributed by atoms with Gasteiger partial charge in [0.05, 0.1) is 6.26 Å². The first-order chi connectivity index (χ1) is 9.56. The van der Waals surface area contributed by atoms with Crippen LogP contribution >= 0.6 is 0 Å². The molecule has 1 aliphatic heterocycles. The third kappa shape index (κ3) is 1.94. The van der Waals surface area contributed by atoms with E-state index in [1.165, 1.54) is 36.6 Å². The van der Waals surface area contributed by atoms with Crippen LogP contribution in [0.1, 0.15) is 17.2 Å². The lowest BCUT2D eigenvalue weighted by Crippen LogP contribution is -2.09. The molecule has 0 saturated carbocycles. The Kier molecular flexibility index (Phi) is 2.76. The first-order valence-corrected chi connectivity index (χ1v) is 5.96. The Morgan fingerprint density at radius 1 is 0.900 bits per heavy atom. The van der Waals surface area contributed by atoms with Crippen molar-refractivity contribution in [2.24, 2.45) is 0 Å². The first kappa shape index (κ1) is 12.4. The number of benzene rings is 2. The molecule has 1 unspecified atom stereocenters. The molecule has 0 aliphatic carbocycles. The van der Waals surface area contributed by atoms with Crippen LogP contribution in [0.2, 0.25) is 0 Å². The van der Waals surface area contributed by atoms with Crippen LogP contribution in [0.5, 0.6) is 23.0 Å². The van der Waals surface area contributed by atoms with Crippen LogP contribution < -0.4 is 4.74 Å². The van der Waals surface area contributed by atoms with Crippen molar-refractivity contribution in [2.45, 2.75) is 6.10 Å². The van der Waals surface area contributed by atoms with Crippen LogP contribution in [-0.2, 0) is 0 Å². The molecule has 1 atom stereocenters. The summed E-state index contributed by atoms with van der Waals surface area (Å²) in [4.78, 5) is 0. The standard InChI is InChI=1S/C15H12O5/c16-8-1-3-10(13(18)5-8)12-7-20-14-6-9(17)2-4-11(14)15(12)19/h1-7,15-19H. The molecule has 0 amide bonds. The fourth-order valence-electron chi connectivity index (χ4n) is 2.18. The van der Waals surface area contributed by atoms with Crippen LogP contribution in [0.4, 0.5) is 0 Å². The fourth-order valence-corrected chi connectivity index (χ4v) is 2.18. The predicted octanol–water partition coefficient (Wildman–Crippen LogP) is 2.27. The summed E-state index contributed by atoms with van der Waals surface area (Å²) in [6.45, 7) is 0. The Labute approximate surface area is 114 Å². The second-order valence-corrected chi connectivity index (χ2v) is 4.52. The summed E-state index contributed by atoms with van der Waals surface area (Å²) >= 11 is 0. The van der Waals surface area contributed by atoms with Crippen molar-refractivity contribution in [1.82, 2.24) is 0 Å². The van der Waals surface area contributed by atoms with E-state index in [0.29, 0.717) is 22.4 Å². The molecule has 0 fully saturated rings. The molecule has 0 bridgehead atoms. The Morgan fingerprint density at radius 3 is 2.35 bits per heavy atom. The number of phenols is 3. The average Bonchev–Trinajstić information content (AvgIpc) is 2.40. The molecule has 4 N–H and O–H groups in total. The van der Waals surface area contributed by atoms with Gasteiger partial charge in [0, 0.05) is 28.8 Å². The molecular formula is C15H12O5. The molecule has 5 heteroatoms. The number of hydrogen-bond donors (Lipinski definition) is 4. The minimum absolute atomic E-state index is 0.0419. The van der Waals surface area contributed by atoms with Crippen molar-refractivity contribution < 1.29 is 25.2 Å². The van der Waals surface area contributed by atoms with Crippen molar-refractivity contribution in [3.8, 4) is 23.0 Å². The highest BCUT2D eigenvalue weighted by Crippen LogP contribution is 2.43. The zero-order chi connectivity index (χ0) is 14.3. The molecule has 2 aromatic rings. The third-order valence-corrected chi connectivity index (χ3v) is 3.19. The summed E-state index contributed by atoms with van der Waals surface area (Å²) in [5.74, 6) is 0.185. The number of aliphatic hydroxyl groups excluding tert-OH is 1. The second-order valence-electron chi connectivity index (χ2n) is 4.52. The summed E-state index contributed by atoms with van der Waals surface area (Å²) in [6.07, 6.45) is 0.327. The topological polar surface area (TPSA) is 90.2 Å². The Morgan fingerprint density at radius 2 is 1.60 bits per heavy atom. The molecule has 0 aromatic heterocycles. The first-order valence-electron chi connectivity index (χ1n) is 5.96. The maximum absolute atomic E-state index is 10.4. The van der Waals surface area contributed by atoms with Crippen LogP contribution in [0.15, 0.2) is 42.7 Å². The maximum atomic E-state index is 10.4.